The van der Waals surface area contributed by atoms with Crippen LogP contribution in [0, 0.1) is 5.92 Å². The predicted octanol–water partition coefficient (Wildman–Crippen LogP) is 6.87. The maximum atomic E-state index is 12.8. The lowest BCUT2D eigenvalue weighted by molar-refractivity contribution is -0.143. The second-order valence-electron chi connectivity index (χ2n) is 14.1. The van der Waals surface area contributed by atoms with Gasteiger partial charge in [0.1, 0.15) is 17.2 Å². The summed E-state index contributed by atoms with van der Waals surface area (Å²) >= 11 is 1.43. The summed E-state index contributed by atoms with van der Waals surface area (Å²) in [4.78, 5) is 43.4. The molecule has 0 radical (unpaired) electrons. The van der Waals surface area contributed by atoms with Crippen molar-refractivity contribution in [1.82, 2.24) is 19.9 Å². The third-order valence-electron chi connectivity index (χ3n) is 8.52. The highest BCUT2D eigenvalue weighted by Crippen LogP contribution is 2.52. The third-order valence-corrected chi connectivity index (χ3v) is 13.6. The summed E-state index contributed by atoms with van der Waals surface area (Å²) in [6.45, 7) is 21.0. The van der Waals surface area contributed by atoms with Crippen LogP contribution >= 0.6 is 11.8 Å². The Labute approximate surface area is 262 Å². The molecular weight excluding hydrogens is 583 g/mol. The monoisotopic (exact) mass is 631 g/mol. The molecule has 1 aliphatic rings. The lowest BCUT2D eigenvalue weighted by Gasteiger charge is -2.43. The van der Waals surface area contributed by atoms with E-state index >= 15 is 0 Å². The van der Waals surface area contributed by atoms with Crippen LogP contribution in [0.5, 0.6) is 0 Å². The van der Waals surface area contributed by atoms with Gasteiger partial charge in [-0.2, -0.15) is 0 Å². The number of thioether (sulfide) groups is 1. The van der Waals surface area contributed by atoms with Gasteiger partial charge in [0.25, 0.3) is 0 Å². The lowest BCUT2D eigenvalue weighted by Crippen LogP contribution is -2.53. The van der Waals surface area contributed by atoms with Gasteiger partial charge in [-0.25, -0.2) is 19.7 Å². The standard InChI is InChI=1S/C31H49N5O5SSi/c1-13-21(26(37)38)24-31(8,19-40-43(11,12)30(5,6)7)22-17-32-27(42-10)34-25(22)36(24)23-16-14-15-20(33-23)18-35(9)28(39)41-29(2,3)4/h14-17,21,24H,13,18-19H2,1-12H3,(H,37,38). The molecule has 43 heavy (non-hydrogen) atoms. The number of ether oxygens (including phenoxy) is 1. The fourth-order valence-corrected chi connectivity index (χ4v) is 6.50. The van der Waals surface area contributed by atoms with Crippen LogP contribution in [0.3, 0.4) is 0 Å². The normalized spacial score (nSPS) is 19.6. The molecule has 3 unspecified atom stereocenters. The molecule has 0 spiro atoms. The molecule has 1 N–H and O–H groups in total. The van der Waals surface area contributed by atoms with E-state index in [9.17, 15) is 14.7 Å². The van der Waals surface area contributed by atoms with Gasteiger partial charge >= 0.3 is 12.1 Å². The summed E-state index contributed by atoms with van der Waals surface area (Å²) in [6, 6.07) is 5.03. The van der Waals surface area contributed by atoms with Crippen molar-refractivity contribution in [3.8, 4) is 0 Å². The second kappa shape index (κ2) is 12.7. The van der Waals surface area contributed by atoms with Gasteiger partial charge in [0, 0.05) is 30.8 Å². The minimum atomic E-state index is -2.19. The van der Waals surface area contributed by atoms with E-state index < -0.39 is 43.4 Å². The highest BCUT2D eigenvalue weighted by Gasteiger charge is 2.56. The van der Waals surface area contributed by atoms with Gasteiger partial charge in [-0.1, -0.05) is 52.4 Å². The number of carboxylic acids is 1. The second-order valence-corrected chi connectivity index (χ2v) is 19.6. The molecule has 0 saturated carbocycles. The van der Waals surface area contributed by atoms with E-state index in [-0.39, 0.29) is 11.6 Å². The number of hydrogen-bond acceptors (Lipinski definition) is 9. The number of hydrogen-bond donors (Lipinski definition) is 1. The Morgan fingerprint density at radius 3 is 2.37 bits per heavy atom. The van der Waals surface area contributed by atoms with E-state index in [4.69, 9.17) is 19.1 Å². The Balaban J connectivity index is 2.16. The van der Waals surface area contributed by atoms with Crippen LogP contribution in [0.25, 0.3) is 0 Å². The number of amides is 1. The summed E-state index contributed by atoms with van der Waals surface area (Å²) in [7, 11) is -0.525. The van der Waals surface area contributed by atoms with Crippen molar-refractivity contribution >= 4 is 43.8 Å². The Morgan fingerprint density at radius 2 is 1.84 bits per heavy atom. The average Bonchev–Trinajstić information content (AvgIpc) is 3.14. The topological polar surface area (TPSA) is 118 Å². The van der Waals surface area contributed by atoms with Crippen molar-refractivity contribution in [3.63, 3.8) is 0 Å². The number of pyridine rings is 1. The molecule has 2 aromatic heterocycles. The zero-order valence-electron chi connectivity index (χ0n) is 27.8. The zero-order valence-corrected chi connectivity index (χ0v) is 29.6. The SMILES string of the molecule is CCC(C(=O)O)C1N(c2cccc(CN(C)C(=O)OC(C)(C)C)n2)c2nc(SC)ncc2C1(C)CO[Si](C)(C)C(C)(C)C. The zero-order chi connectivity index (χ0) is 32.5. The maximum absolute atomic E-state index is 12.8. The van der Waals surface area contributed by atoms with Crippen LogP contribution in [-0.2, 0) is 25.9 Å². The van der Waals surface area contributed by atoms with E-state index in [1.165, 1.54) is 16.7 Å². The highest BCUT2D eigenvalue weighted by molar-refractivity contribution is 7.98. The Morgan fingerprint density at radius 1 is 1.19 bits per heavy atom. The van der Waals surface area contributed by atoms with Crippen molar-refractivity contribution in [2.24, 2.45) is 5.92 Å². The smallest absolute Gasteiger partial charge is 0.410 e. The fourth-order valence-electron chi connectivity index (χ4n) is 5.07. The first-order valence-corrected chi connectivity index (χ1v) is 18.9. The largest absolute Gasteiger partial charge is 0.481 e. The lowest BCUT2D eigenvalue weighted by atomic mass is 9.73. The number of carbonyl (C=O) groups is 2. The van der Waals surface area contributed by atoms with Crippen molar-refractivity contribution in [3.05, 3.63) is 35.7 Å². The van der Waals surface area contributed by atoms with Crippen LogP contribution in [-0.4, -0.2) is 76.9 Å². The fraction of sp³-hybridized carbons (Fsp3) is 0.645. The van der Waals surface area contributed by atoms with E-state index in [2.05, 4.69) is 45.8 Å². The van der Waals surface area contributed by atoms with Crippen LogP contribution in [0.1, 0.15) is 73.1 Å². The van der Waals surface area contributed by atoms with Crippen LogP contribution in [0.2, 0.25) is 18.1 Å². The summed E-state index contributed by atoms with van der Waals surface area (Å²) in [5, 5.41) is 11.1. The van der Waals surface area contributed by atoms with Gasteiger partial charge in [0.2, 0.25) is 0 Å². The van der Waals surface area contributed by atoms with Gasteiger partial charge in [-0.15, -0.1) is 0 Å². The highest BCUT2D eigenvalue weighted by atomic mass is 32.2. The Bertz CT molecular complexity index is 1330. The molecule has 12 heteroatoms. The molecule has 3 rings (SSSR count). The molecule has 10 nitrogen and oxygen atoms in total. The predicted molar refractivity (Wildman–Crippen MR) is 174 cm³/mol. The Hall–Kier alpha value is -2.70. The minimum Gasteiger partial charge on any atom is -0.481 e. The number of carboxylic acid groups (broad SMARTS) is 1. The van der Waals surface area contributed by atoms with Gasteiger partial charge in [-0.3, -0.25) is 4.79 Å². The minimum absolute atomic E-state index is 0.0216. The van der Waals surface area contributed by atoms with E-state index in [1.807, 2.05) is 63.2 Å². The summed E-state index contributed by atoms with van der Waals surface area (Å²) in [5.41, 5.74) is 0.114. The molecule has 0 aliphatic carbocycles. The summed E-state index contributed by atoms with van der Waals surface area (Å²) in [5.74, 6) is -0.434. The Kier molecular flexibility index (Phi) is 10.3. The number of aliphatic carboxylic acids is 1. The molecule has 1 aliphatic heterocycles. The summed E-state index contributed by atoms with van der Waals surface area (Å²) < 4.78 is 12.3. The number of rotatable bonds is 10. The van der Waals surface area contributed by atoms with Crippen LogP contribution in [0.4, 0.5) is 16.4 Å². The van der Waals surface area contributed by atoms with E-state index in [0.717, 1.165) is 5.56 Å². The molecule has 2 aromatic rings. The van der Waals surface area contributed by atoms with Crippen molar-refractivity contribution in [2.75, 3.05) is 24.8 Å². The molecule has 0 bridgehead atoms. The third kappa shape index (κ3) is 7.51. The number of nitrogens with zero attached hydrogens (tertiary/aromatic N) is 5. The van der Waals surface area contributed by atoms with Crippen LogP contribution < -0.4 is 4.90 Å². The first kappa shape index (κ1) is 34.8. The van der Waals surface area contributed by atoms with E-state index in [0.29, 0.717) is 35.5 Å². The molecule has 0 fully saturated rings. The molecule has 3 heterocycles. The van der Waals surface area contributed by atoms with E-state index in [1.54, 1.807) is 7.05 Å². The molecule has 0 saturated heterocycles. The quantitative estimate of drug-likeness (QED) is 0.169. The van der Waals surface area contributed by atoms with Gasteiger partial charge in [0.15, 0.2) is 13.5 Å². The number of carbonyl (C=O) groups excluding carboxylic acids is 1. The molecule has 3 atom stereocenters. The summed E-state index contributed by atoms with van der Waals surface area (Å²) in [6.07, 6.45) is 3.69. The first-order valence-electron chi connectivity index (χ1n) is 14.7. The molecular formula is C31H49N5O5SSi. The van der Waals surface area contributed by atoms with Crippen LogP contribution in [0.15, 0.2) is 29.6 Å². The van der Waals surface area contributed by atoms with Crippen molar-refractivity contribution in [2.45, 2.75) is 109 Å². The first-order chi connectivity index (χ1) is 19.8. The number of fused-ring (bicyclic) bond motifs is 1. The van der Waals surface area contributed by atoms with Gasteiger partial charge in [0.05, 0.1) is 24.2 Å². The average molecular weight is 632 g/mol. The number of aromatic nitrogens is 3. The molecule has 0 aromatic carbocycles. The van der Waals surface area contributed by atoms with Gasteiger partial charge in [-0.05, 0) is 63.7 Å². The number of anilines is 2. The maximum Gasteiger partial charge on any atom is 0.410 e. The van der Waals surface area contributed by atoms with Gasteiger partial charge < -0.3 is 24.1 Å². The van der Waals surface area contributed by atoms with Crippen molar-refractivity contribution < 1.29 is 23.9 Å². The molecule has 1 amide bonds. The van der Waals surface area contributed by atoms with Crippen molar-refractivity contribution in [1.29, 1.82) is 0 Å². The molecule has 238 valence electrons.